The average Bonchev–Trinajstić information content (AvgIpc) is 3.39. The van der Waals surface area contributed by atoms with Crippen LogP contribution in [0.3, 0.4) is 0 Å². The second-order valence-electron chi connectivity index (χ2n) is 6.70. The Morgan fingerprint density at radius 1 is 1.32 bits per heavy atom. The minimum atomic E-state index is 0.126. The van der Waals surface area contributed by atoms with Gasteiger partial charge in [-0.25, -0.2) is 4.98 Å². The molecule has 2 fully saturated rings. The van der Waals surface area contributed by atoms with Gasteiger partial charge in [0.25, 0.3) is 0 Å². The summed E-state index contributed by atoms with van der Waals surface area (Å²) in [5, 5.41) is 0.955. The van der Waals surface area contributed by atoms with E-state index in [1.807, 2.05) is 24.1 Å². The minimum absolute atomic E-state index is 0.126. The zero-order chi connectivity index (χ0) is 17.2. The van der Waals surface area contributed by atoms with Crippen molar-refractivity contribution in [1.82, 2.24) is 14.5 Å². The predicted octanol–water partition coefficient (Wildman–Crippen LogP) is 3.22. The molecule has 6 heteroatoms. The van der Waals surface area contributed by atoms with E-state index in [9.17, 15) is 4.79 Å². The number of carbonyl (C=O) groups is 1. The maximum Gasteiger partial charge on any atom is 0.233 e. The monoisotopic (exact) mass is 357 g/mol. The highest BCUT2D eigenvalue weighted by molar-refractivity contribution is 7.99. The molecule has 2 heterocycles. The fraction of sp³-hybridized carbons (Fsp3) is 0.474. The van der Waals surface area contributed by atoms with E-state index in [1.54, 1.807) is 11.8 Å². The molecule has 1 saturated carbocycles. The summed E-state index contributed by atoms with van der Waals surface area (Å²) in [5.74, 6) is 0.608. The van der Waals surface area contributed by atoms with E-state index < -0.39 is 0 Å². The number of hydrogen-bond donors (Lipinski definition) is 0. The number of ether oxygens (including phenoxy) is 1. The third kappa shape index (κ3) is 3.75. The lowest BCUT2D eigenvalue weighted by molar-refractivity contribution is -0.135. The van der Waals surface area contributed by atoms with Gasteiger partial charge in [-0.1, -0.05) is 42.1 Å². The number of amides is 1. The van der Waals surface area contributed by atoms with Crippen molar-refractivity contribution in [3.8, 4) is 11.3 Å². The lowest BCUT2D eigenvalue weighted by Gasteiger charge is -2.31. The number of benzene rings is 1. The summed E-state index contributed by atoms with van der Waals surface area (Å²) in [7, 11) is 0. The molecular weight excluding hydrogens is 334 g/mol. The zero-order valence-corrected chi connectivity index (χ0v) is 15.2. The van der Waals surface area contributed by atoms with Gasteiger partial charge < -0.3 is 14.2 Å². The SMILES string of the molecule is C[C@@H]1CN(C(=O)CSc2ncc(-c3ccccc3)n2C2CC2)CCO1. The van der Waals surface area contributed by atoms with Gasteiger partial charge in [-0.2, -0.15) is 0 Å². The Balaban J connectivity index is 1.48. The Bertz CT molecular complexity index is 742. The van der Waals surface area contributed by atoms with Crippen LogP contribution in [0.5, 0.6) is 0 Å². The Kier molecular flexibility index (Phi) is 4.81. The first kappa shape index (κ1) is 16.7. The molecular formula is C19H23N3O2S. The van der Waals surface area contributed by atoms with Gasteiger partial charge in [-0.15, -0.1) is 0 Å². The number of rotatable bonds is 5. The molecule has 132 valence electrons. The van der Waals surface area contributed by atoms with E-state index in [2.05, 4.69) is 33.8 Å². The second kappa shape index (κ2) is 7.22. The molecule has 0 spiro atoms. The molecule has 1 aliphatic heterocycles. The molecule has 4 rings (SSSR count). The summed E-state index contributed by atoms with van der Waals surface area (Å²) < 4.78 is 7.83. The molecule has 1 saturated heterocycles. The zero-order valence-electron chi connectivity index (χ0n) is 14.4. The third-order valence-electron chi connectivity index (χ3n) is 4.66. The van der Waals surface area contributed by atoms with E-state index >= 15 is 0 Å². The van der Waals surface area contributed by atoms with Crippen molar-refractivity contribution >= 4 is 17.7 Å². The quantitative estimate of drug-likeness (QED) is 0.771. The molecule has 0 bridgehead atoms. The lowest BCUT2D eigenvalue weighted by atomic mass is 10.2. The van der Waals surface area contributed by atoms with Crippen LogP contribution in [-0.4, -0.2) is 51.9 Å². The van der Waals surface area contributed by atoms with Crippen LogP contribution in [0.15, 0.2) is 41.7 Å². The Labute approximate surface area is 152 Å². The van der Waals surface area contributed by atoms with Gasteiger partial charge in [0.05, 0.1) is 30.4 Å². The molecule has 1 aromatic heterocycles. The molecule has 25 heavy (non-hydrogen) atoms. The topological polar surface area (TPSA) is 47.4 Å². The maximum atomic E-state index is 12.5. The molecule has 1 amide bonds. The minimum Gasteiger partial charge on any atom is -0.375 e. The van der Waals surface area contributed by atoms with Crippen molar-refractivity contribution in [1.29, 1.82) is 0 Å². The summed E-state index contributed by atoms with van der Waals surface area (Å²) in [6, 6.07) is 10.9. The molecule has 2 aromatic rings. The van der Waals surface area contributed by atoms with Crippen LogP contribution < -0.4 is 0 Å². The number of thioether (sulfide) groups is 1. The van der Waals surface area contributed by atoms with Gasteiger partial charge in [-0.3, -0.25) is 4.79 Å². The smallest absolute Gasteiger partial charge is 0.233 e. The van der Waals surface area contributed by atoms with Gasteiger partial charge in [0, 0.05) is 19.1 Å². The van der Waals surface area contributed by atoms with Crippen LogP contribution in [0.4, 0.5) is 0 Å². The Morgan fingerprint density at radius 2 is 2.12 bits per heavy atom. The van der Waals surface area contributed by atoms with Gasteiger partial charge in [0.1, 0.15) is 0 Å². The normalized spacial score (nSPS) is 20.7. The maximum absolute atomic E-state index is 12.5. The Morgan fingerprint density at radius 3 is 2.84 bits per heavy atom. The van der Waals surface area contributed by atoms with E-state index in [1.165, 1.54) is 18.4 Å². The summed E-state index contributed by atoms with van der Waals surface area (Å²) in [4.78, 5) is 19.0. The van der Waals surface area contributed by atoms with Crippen LogP contribution in [0.2, 0.25) is 0 Å². The third-order valence-corrected chi connectivity index (χ3v) is 5.61. The number of aromatic nitrogens is 2. The lowest BCUT2D eigenvalue weighted by Crippen LogP contribution is -2.45. The highest BCUT2D eigenvalue weighted by Gasteiger charge is 2.29. The van der Waals surface area contributed by atoms with Crippen molar-refractivity contribution in [2.24, 2.45) is 0 Å². The highest BCUT2D eigenvalue weighted by Crippen LogP contribution is 2.41. The molecule has 5 nitrogen and oxygen atoms in total. The van der Waals surface area contributed by atoms with E-state index in [-0.39, 0.29) is 12.0 Å². The van der Waals surface area contributed by atoms with Crippen LogP contribution >= 0.6 is 11.8 Å². The van der Waals surface area contributed by atoms with Crippen LogP contribution in [0.25, 0.3) is 11.3 Å². The van der Waals surface area contributed by atoms with Gasteiger partial charge in [0.2, 0.25) is 5.91 Å². The fourth-order valence-corrected chi connectivity index (χ4v) is 4.17. The van der Waals surface area contributed by atoms with Gasteiger partial charge in [0.15, 0.2) is 5.16 Å². The number of hydrogen-bond acceptors (Lipinski definition) is 4. The van der Waals surface area contributed by atoms with E-state index in [0.717, 1.165) is 10.9 Å². The van der Waals surface area contributed by atoms with Crippen molar-refractivity contribution in [3.63, 3.8) is 0 Å². The number of imidazole rings is 1. The first-order valence-corrected chi connectivity index (χ1v) is 9.86. The molecule has 0 radical (unpaired) electrons. The molecule has 0 unspecified atom stereocenters. The van der Waals surface area contributed by atoms with Crippen molar-refractivity contribution in [3.05, 3.63) is 36.5 Å². The second-order valence-corrected chi connectivity index (χ2v) is 7.65. The Hall–Kier alpha value is -1.79. The van der Waals surface area contributed by atoms with E-state index in [0.29, 0.717) is 31.5 Å². The molecule has 2 aliphatic rings. The summed E-state index contributed by atoms with van der Waals surface area (Å²) in [5.41, 5.74) is 2.33. The molecule has 1 aliphatic carbocycles. The van der Waals surface area contributed by atoms with Crippen LogP contribution in [-0.2, 0) is 9.53 Å². The average molecular weight is 357 g/mol. The highest BCUT2D eigenvalue weighted by atomic mass is 32.2. The number of morpholine rings is 1. The molecule has 1 aromatic carbocycles. The number of nitrogens with zero attached hydrogens (tertiary/aromatic N) is 3. The largest absolute Gasteiger partial charge is 0.375 e. The van der Waals surface area contributed by atoms with Crippen LogP contribution in [0.1, 0.15) is 25.8 Å². The molecule has 0 N–H and O–H groups in total. The van der Waals surface area contributed by atoms with Crippen LogP contribution in [0, 0.1) is 0 Å². The number of carbonyl (C=O) groups excluding carboxylic acids is 1. The van der Waals surface area contributed by atoms with Crippen molar-refractivity contribution in [2.75, 3.05) is 25.4 Å². The summed E-state index contributed by atoms with van der Waals surface area (Å²) >= 11 is 1.55. The first-order valence-electron chi connectivity index (χ1n) is 8.87. The summed E-state index contributed by atoms with van der Waals surface area (Å²) in [6.07, 6.45) is 4.45. The summed E-state index contributed by atoms with van der Waals surface area (Å²) in [6.45, 7) is 4.02. The fourth-order valence-electron chi connectivity index (χ4n) is 3.22. The first-order chi connectivity index (χ1) is 12.2. The van der Waals surface area contributed by atoms with Crippen molar-refractivity contribution in [2.45, 2.75) is 37.1 Å². The van der Waals surface area contributed by atoms with E-state index in [4.69, 9.17) is 4.74 Å². The van der Waals surface area contributed by atoms with Gasteiger partial charge >= 0.3 is 0 Å². The predicted molar refractivity (Wildman–Crippen MR) is 98.7 cm³/mol. The van der Waals surface area contributed by atoms with Gasteiger partial charge in [-0.05, 0) is 25.3 Å². The molecule has 1 atom stereocenters. The standard InChI is InChI=1S/C19H23N3O2S/c1-14-12-21(9-10-24-14)18(23)13-25-19-20-11-17(22(19)16-7-8-16)15-5-3-2-4-6-15/h2-6,11,14,16H,7-10,12-13H2,1H3/t14-/m1/s1. The van der Waals surface area contributed by atoms with Crippen molar-refractivity contribution < 1.29 is 9.53 Å².